The molecule has 0 bridgehead atoms. The minimum atomic E-state index is -1.10. The van der Waals surface area contributed by atoms with E-state index in [-0.39, 0.29) is 17.3 Å². The lowest BCUT2D eigenvalue weighted by Gasteiger charge is -2.08. The van der Waals surface area contributed by atoms with Gasteiger partial charge >= 0.3 is 12.0 Å². The van der Waals surface area contributed by atoms with Crippen molar-refractivity contribution in [3.8, 4) is 0 Å². The molecule has 0 unspecified atom stereocenters. The van der Waals surface area contributed by atoms with Crippen molar-refractivity contribution >= 4 is 52.2 Å². The lowest BCUT2D eigenvalue weighted by atomic mass is 10.3. The van der Waals surface area contributed by atoms with E-state index in [1.165, 1.54) is 5.38 Å². The van der Waals surface area contributed by atoms with Crippen molar-refractivity contribution in [1.29, 1.82) is 0 Å². The van der Waals surface area contributed by atoms with Gasteiger partial charge in [-0.25, -0.2) is 14.6 Å². The number of halogens is 2. The topological polar surface area (TPSA) is 91.3 Å². The van der Waals surface area contributed by atoms with Crippen molar-refractivity contribution in [3.63, 3.8) is 0 Å². The summed E-state index contributed by atoms with van der Waals surface area (Å²) >= 11 is 12.9. The molecule has 0 saturated heterocycles. The molecule has 110 valence electrons. The molecule has 0 atom stereocenters. The molecule has 0 fully saturated rings. The third kappa shape index (κ3) is 4.07. The normalized spacial score (nSPS) is 10.2. The van der Waals surface area contributed by atoms with Gasteiger partial charge in [0.2, 0.25) is 0 Å². The van der Waals surface area contributed by atoms with E-state index < -0.39 is 12.0 Å². The fourth-order valence-corrected chi connectivity index (χ4v) is 2.47. The largest absolute Gasteiger partial charge is 0.476 e. The van der Waals surface area contributed by atoms with Crippen LogP contribution in [0.2, 0.25) is 10.0 Å². The number of nitrogens with zero attached hydrogens (tertiary/aromatic N) is 1. The summed E-state index contributed by atoms with van der Waals surface area (Å²) in [4.78, 5) is 26.3. The number of anilines is 1. The average Bonchev–Trinajstić information content (AvgIpc) is 2.91. The number of rotatable bonds is 4. The number of aromatic nitrogens is 1. The van der Waals surface area contributed by atoms with E-state index >= 15 is 0 Å². The van der Waals surface area contributed by atoms with Crippen LogP contribution in [0.4, 0.5) is 10.5 Å². The Morgan fingerprint density at radius 3 is 2.76 bits per heavy atom. The zero-order valence-electron chi connectivity index (χ0n) is 10.4. The number of carboxylic acids is 1. The second kappa shape index (κ2) is 6.75. The van der Waals surface area contributed by atoms with Crippen LogP contribution in [0.5, 0.6) is 0 Å². The van der Waals surface area contributed by atoms with Crippen LogP contribution in [0, 0.1) is 0 Å². The van der Waals surface area contributed by atoms with Gasteiger partial charge < -0.3 is 15.7 Å². The molecule has 1 heterocycles. The highest BCUT2D eigenvalue weighted by Gasteiger charge is 2.11. The summed E-state index contributed by atoms with van der Waals surface area (Å²) in [6, 6.07) is 4.38. The zero-order valence-corrected chi connectivity index (χ0v) is 12.7. The molecule has 2 rings (SSSR count). The minimum Gasteiger partial charge on any atom is -0.476 e. The fourth-order valence-electron chi connectivity index (χ4n) is 1.41. The number of carbonyl (C=O) groups is 2. The fraction of sp³-hybridized carbons (Fsp3) is 0.0833. The number of urea groups is 1. The van der Waals surface area contributed by atoms with Gasteiger partial charge in [-0.3, -0.25) is 0 Å². The molecule has 1 aromatic carbocycles. The molecule has 0 radical (unpaired) electrons. The van der Waals surface area contributed by atoms with Crippen LogP contribution in [-0.2, 0) is 6.54 Å². The Hall–Kier alpha value is -1.83. The molecule has 2 amide bonds. The standard InChI is InChI=1S/C12H9Cl2N3O3S/c13-6-2-1-3-7(10(6)14)17-12(20)15-4-9-16-8(5-21-9)11(18)19/h1-3,5H,4H2,(H,18,19)(H2,15,17,20). The highest BCUT2D eigenvalue weighted by molar-refractivity contribution is 7.09. The van der Waals surface area contributed by atoms with Crippen molar-refractivity contribution in [1.82, 2.24) is 10.3 Å². The van der Waals surface area contributed by atoms with Gasteiger partial charge in [0.25, 0.3) is 0 Å². The zero-order chi connectivity index (χ0) is 15.4. The Bertz CT molecular complexity index is 690. The van der Waals surface area contributed by atoms with Crippen LogP contribution in [0.25, 0.3) is 0 Å². The highest BCUT2D eigenvalue weighted by Crippen LogP contribution is 2.29. The van der Waals surface area contributed by atoms with Crippen LogP contribution < -0.4 is 10.6 Å². The summed E-state index contributed by atoms with van der Waals surface area (Å²) < 4.78 is 0. The van der Waals surface area contributed by atoms with Gasteiger partial charge in [0, 0.05) is 5.38 Å². The van der Waals surface area contributed by atoms with Gasteiger partial charge in [-0.15, -0.1) is 11.3 Å². The van der Waals surface area contributed by atoms with E-state index in [0.717, 1.165) is 11.3 Å². The third-order valence-corrected chi connectivity index (χ3v) is 4.04. The Balaban J connectivity index is 1.92. The molecule has 2 aromatic rings. The highest BCUT2D eigenvalue weighted by atomic mass is 35.5. The number of hydrogen-bond donors (Lipinski definition) is 3. The molecule has 3 N–H and O–H groups in total. The smallest absolute Gasteiger partial charge is 0.355 e. The van der Waals surface area contributed by atoms with Gasteiger partial charge in [-0.05, 0) is 12.1 Å². The second-order valence-electron chi connectivity index (χ2n) is 3.84. The van der Waals surface area contributed by atoms with Gasteiger partial charge in [0.15, 0.2) is 5.69 Å². The van der Waals surface area contributed by atoms with Gasteiger partial charge in [0.1, 0.15) is 5.01 Å². The van der Waals surface area contributed by atoms with E-state index in [2.05, 4.69) is 15.6 Å². The van der Waals surface area contributed by atoms with Crippen molar-refractivity contribution in [2.75, 3.05) is 5.32 Å². The Labute approximate surface area is 133 Å². The summed E-state index contributed by atoms with van der Waals surface area (Å²) in [5, 5.41) is 16.3. The molecule has 0 aliphatic rings. The molecule has 1 aromatic heterocycles. The number of thiazole rings is 1. The van der Waals surface area contributed by atoms with E-state index in [4.69, 9.17) is 28.3 Å². The van der Waals surface area contributed by atoms with Crippen molar-refractivity contribution in [3.05, 3.63) is 44.3 Å². The van der Waals surface area contributed by atoms with Crippen LogP contribution in [-0.4, -0.2) is 22.1 Å². The summed E-state index contributed by atoms with van der Waals surface area (Å²) in [5.74, 6) is -1.10. The molecular formula is C12H9Cl2N3O3S. The maximum atomic E-state index is 11.7. The van der Waals surface area contributed by atoms with Gasteiger partial charge in [-0.1, -0.05) is 29.3 Å². The van der Waals surface area contributed by atoms with E-state index in [1.54, 1.807) is 18.2 Å². The molecule has 9 heteroatoms. The predicted octanol–water partition coefficient (Wildman–Crippen LogP) is 3.47. The number of hydrogen-bond acceptors (Lipinski definition) is 4. The number of carbonyl (C=O) groups excluding carboxylic acids is 1. The lowest BCUT2D eigenvalue weighted by molar-refractivity contribution is 0.0691. The van der Waals surface area contributed by atoms with E-state index in [0.29, 0.717) is 15.7 Å². The summed E-state index contributed by atoms with van der Waals surface area (Å²) in [6.07, 6.45) is 0. The SMILES string of the molecule is O=C(NCc1nc(C(=O)O)cs1)Nc1cccc(Cl)c1Cl. The van der Waals surface area contributed by atoms with Gasteiger partial charge in [-0.2, -0.15) is 0 Å². The molecule has 0 saturated carbocycles. The Morgan fingerprint density at radius 2 is 2.10 bits per heavy atom. The first-order valence-corrected chi connectivity index (χ1v) is 7.27. The number of aromatic carboxylic acids is 1. The summed E-state index contributed by atoms with van der Waals surface area (Å²) in [5.41, 5.74) is 0.335. The first kappa shape index (κ1) is 15.6. The van der Waals surface area contributed by atoms with Crippen LogP contribution in [0.15, 0.2) is 23.6 Å². The van der Waals surface area contributed by atoms with Crippen LogP contribution in [0.1, 0.15) is 15.5 Å². The number of amides is 2. The van der Waals surface area contributed by atoms with Gasteiger partial charge in [0.05, 0.1) is 22.3 Å². The summed E-state index contributed by atoms with van der Waals surface area (Å²) in [7, 11) is 0. The van der Waals surface area contributed by atoms with Crippen molar-refractivity contribution < 1.29 is 14.7 Å². The predicted molar refractivity (Wildman–Crippen MR) is 81.4 cm³/mol. The van der Waals surface area contributed by atoms with E-state index in [1.807, 2.05) is 0 Å². The molecule has 6 nitrogen and oxygen atoms in total. The third-order valence-electron chi connectivity index (χ3n) is 2.37. The van der Waals surface area contributed by atoms with Crippen LogP contribution in [0.3, 0.4) is 0 Å². The number of benzene rings is 1. The lowest BCUT2D eigenvalue weighted by Crippen LogP contribution is -2.28. The summed E-state index contributed by atoms with van der Waals surface area (Å²) in [6.45, 7) is 0.113. The maximum absolute atomic E-state index is 11.7. The molecule has 0 spiro atoms. The molecule has 21 heavy (non-hydrogen) atoms. The quantitative estimate of drug-likeness (QED) is 0.791. The number of carboxylic acid groups (broad SMARTS) is 1. The first-order valence-electron chi connectivity index (χ1n) is 5.64. The molecular weight excluding hydrogens is 337 g/mol. The Kier molecular flexibility index (Phi) is 5.00. The second-order valence-corrected chi connectivity index (χ2v) is 5.57. The van der Waals surface area contributed by atoms with Crippen LogP contribution >= 0.6 is 34.5 Å². The van der Waals surface area contributed by atoms with Crippen molar-refractivity contribution in [2.24, 2.45) is 0 Å². The minimum absolute atomic E-state index is 0.0462. The monoisotopic (exact) mass is 345 g/mol. The Morgan fingerprint density at radius 1 is 1.33 bits per heavy atom. The molecule has 0 aliphatic heterocycles. The van der Waals surface area contributed by atoms with Crippen molar-refractivity contribution in [2.45, 2.75) is 6.54 Å². The molecule has 0 aliphatic carbocycles. The maximum Gasteiger partial charge on any atom is 0.355 e. The van der Waals surface area contributed by atoms with E-state index in [9.17, 15) is 9.59 Å². The average molecular weight is 346 g/mol. The number of nitrogens with one attached hydrogen (secondary N) is 2. The first-order chi connectivity index (χ1) is 9.97.